The van der Waals surface area contributed by atoms with Crippen LogP contribution in [0.2, 0.25) is 0 Å². The molecule has 5 nitrogen and oxygen atoms in total. The maximum Gasteiger partial charge on any atom is 0.338 e. The third kappa shape index (κ3) is 6.50. The van der Waals surface area contributed by atoms with Gasteiger partial charge in [0.15, 0.2) is 6.61 Å². The van der Waals surface area contributed by atoms with Crippen LogP contribution in [0.4, 0.5) is 0 Å². The van der Waals surface area contributed by atoms with Crippen molar-refractivity contribution in [2.24, 2.45) is 5.92 Å². The number of amides is 1. The van der Waals surface area contributed by atoms with Crippen LogP contribution >= 0.6 is 0 Å². The summed E-state index contributed by atoms with van der Waals surface area (Å²) in [5.74, 6) is -0.230. The third-order valence-electron chi connectivity index (χ3n) is 4.57. The highest BCUT2D eigenvalue weighted by molar-refractivity contribution is 5.91. The van der Waals surface area contributed by atoms with Gasteiger partial charge in [0.25, 0.3) is 5.91 Å². The van der Waals surface area contributed by atoms with Crippen LogP contribution in [0.1, 0.15) is 62.4 Å². The second-order valence-electron chi connectivity index (χ2n) is 7.07. The molecule has 1 aliphatic rings. The molecule has 2 rings (SSSR count). The fraction of sp³-hybridized carbons (Fsp3) is 0.600. The molecule has 2 atom stereocenters. The Hall–Kier alpha value is -1.88. The summed E-state index contributed by atoms with van der Waals surface area (Å²) in [6.45, 7) is 6.38. The van der Waals surface area contributed by atoms with Crippen molar-refractivity contribution in [3.05, 3.63) is 35.4 Å². The maximum absolute atomic E-state index is 12.0. The van der Waals surface area contributed by atoms with E-state index in [0.717, 1.165) is 24.8 Å². The van der Waals surface area contributed by atoms with E-state index in [1.807, 2.05) is 26.0 Å². The fourth-order valence-electron chi connectivity index (χ4n) is 2.99. The van der Waals surface area contributed by atoms with E-state index < -0.39 is 5.97 Å². The number of rotatable bonds is 7. The summed E-state index contributed by atoms with van der Waals surface area (Å²) in [6, 6.07) is 7.26. The first-order chi connectivity index (χ1) is 12.0. The second-order valence-corrected chi connectivity index (χ2v) is 7.07. The predicted octanol–water partition coefficient (Wildman–Crippen LogP) is 3.46. The topological polar surface area (TPSA) is 64.6 Å². The Labute approximate surface area is 150 Å². The molecule has 1 aromatic carbocycles. The molecular weight excluding hydrogens is 318 g/mol. The van der Waals surface area contributed by atoms with E-state index in [4.69, 9.17) is 9.47 Å². The highest BCUT2D eigenvalue weighted by Crippen LogP contribution is 2.23. The van der Waals surface area contributed by atoms with Crippen LogP contribution < -0.4 is 5.32 Å². The molecule has 1 saturated carbocycles. The van der Waals surface area contributed by atoms with Crippen LogP contribution in [0.25, 0.3) is 0 Å². The number of carbonyl (C=O) groups excluding carboxylic acids is 2. The standard InChI is InChI=1S/C20H29NO4/c1-14(2)24-12-16-8-10-17(11-9-16)20(23)25-13-19(22)21-18-7-5-4-6-15(18)3/h8-11,14-15,18H,4-7,12-13H2,1-3H3,(H,21,22)/t15-,18+/m1/s1. The van der Waals surface area contributed by atoms with E-state index in [-0.39, 0.29) is 24.7 Å². The van der Waals surface area contributed by atoms with Gasteiger partial charge in [0, 0.05) is 6.04 Å². The van der Waals surface area contributed by atoms with Gasteiger partial charge in [0.2, 0.25) is 0 Å². The Morgan fingerprint density at radius 3 is 2.48 bits per heavy atom. The van der Waals surface area contributed by atoms with E-state index in [2.05, 4.69) is 12.2 Å². The number of esters is 1. The highest BCUT2D eigenvalue weighted by atomic mass is 16.5. The predicted molar refractivity (Wildman–Crippen MR) is 96.2 cm³/mol. The monoisotopic (exact) mass is 347 g/mol. The molecule has 138 valence electrons. The molecule has 0 bridgehead atoms. The van der Waals surface area contributed by atoms with Crippen LogP contribution in [-0.4, -0.2) is 30.6 Å². The van der Waals surface area contributed by atoms with Crippen molar-refractivity contribution in [2.75, 3.05) is 6.61 Å². The average molecular weight is 347 g/mol. The van der Waals surface area contributed by atoms with Crippen LogP contribution in [0.5, 0.6) is 0 Å². The van der Waals surface area contributed by atoms with Gasteiger partial charge in [-0.1, -0.05) is 31.9 Å². The van der Waals surface area contributed by atoms with Crippen LogP contribution in [0.15, 0.2) is 24.3 Å². The molecule has 0 saturated heterocycles. The summed E-state index contributed by atoms with van der Waals surface area (Å²) < 4.78 is 10.6. The third-order valence-corrected chi connectivity index (χ3v) is 4.57. The SMILES string of the molecule is CC(C)OCc1ccc(C(=O)OCC(=O)N[C@H]2CCCC[C@H]2C)cc1. The molecule has 1 aliphatic carbocycles. The van der Waals surface area contributed by atoms with Crippen molar-refractivity contribution in [1.82, 2.24) is 5.32 Å². The number of benzene rings is 1. The number of ether oxygens (including phenoxy) is 2. The molecule has 0 aromatic heterocycles. The summed E-state index contributed by atoms with van der Waals surface area (Å²) in [4.78, 5) is 24.0. The Morgan fingerprint density at radius 1 is 1.16 bits per heavy atom. The molecule has 1 N–H and O–H groups in total. The van der Waals surface area contributed by atoms with Gasteiger partial charge in [0.1, 0.15) is 0 Å². The molecule has 0 unspecified atom stereocenters. The first-order valence-corrected chi connectivity index (χ1v) is 9.12. The maximum atomic E-state index is 12.0. The quantitative estimate of drug-likeness (QED) is 0.767. The summed E-state index contributed by atoms with van der Waals surface area (Å²) in [6.07, 6.45) is 4.66. The number of hydrogen-bond donors (Lipinski definition) is 1. The molecule has 0 radical (unpaired) electrons. The molecule has 1 fully saturated rings. The minimum atomic E-state index is -0.483. The Bertz CT molecular complexity index is 568. The van der Waals surface area contributed by atoms with Gasteiger partial charge in [-0.15, -0.1) is 0 Å². The average Bonchev–Trinajstić information content (AvgIpc) is 2.60. The van der Waals surface area contributed by atoms with E-state index in [1.54, 1.807) is 12.1 Å². The van der Waals surface area contributed by atoms with Gasteiger partial charge < -0.3 is 14.8 Å². The zero-order valence-corrected chi connectivity index (χ0v) is 15.4. The first-order valence-electron chi connectivity index (χ1n) is 9.12. The van der Waals surface area contributed by atoms with Crippen LogP contribution in [0.3, 0.4) is 0 Å². The molecule has 25 heavy (non-hydrogen) atoms. The number of carbonyl (C=O) groups is 2. The van der Waals surface area contributed by atoms with Gasteiger partial charge in [-0.3, -0.25) is 4.79 Å². The van der Waals surface area contributed by atoms with Crippen molar-refractivity contribution < 1.29 is 19.1 Å². The largest absolute Gasteiger partial charge is 0.452 e. The van der Waals surface area contributed by atoms with E-state index in [9.17, 15) is 9.59 Å². The Balaban J connectivity index is 1.76. The lowest BCUT2D eigenvalue weighted by molar-refractivity contribution is -0.125. The van der Waals surface area contributed by atoms with E-state index in [1.165, 1.54) is 6.42 Å². The smallest absolute Gasteiger partial charge is 0.338 e. The van der Waals surface area contributed by atoms with Gasteiger partial charge in [-0.2, -0.15) is 0 Å². The summed E-state index contributed by atoms with van der Waals surface area (Å²) >= 11 is 0. The van der Waals surface area contributed by atoms with Gasteiger partial charge in [0.05, 0.1) is 18.3 Å². The summed E-state index contributed by atoms with van der Waals surface area (Å²) in [5.41, 5.74) is 1.43. The summed E-state index contributed by atoms with van der Waals surface area (Å²) in [7, 11) is 0. The Kier molecular flexibility index (Phi) is 7.44. The second kappa shape index (κ2) is 9.56. The summed E-state index contributed by atoms with van der Waals surface area (Å²) in [5, 5.41) is 2.98. The molecule has 1 amide bonds. The fourth-order valence-corrected chi connectivity index (χ4v) is 2.99. The van der Waals surface area contributed by atoms with Crippen molar-refractivity contribution >= 4 is 11.9 Å². The van der Waals surface area contributed by atoms with Crippen LogP contribution in [-0.2, 0) is 20.9 Å². The minimum Gasteiger partial charge on any atom is -0.452 e. The van der Waals surface area contributed by atoms with Crippen molar-refractivity contribution in [1.29, 1.82) is 0 Å². The normalized spacial score (nSPS) is 20.3. The molecular formula is C20H29NO4. The van der Waals surface area contributed by atoms with Crippen molar-refractivity contribution in [3.8, 4) is 0 Å². The highest BCUT2D eigenvalue weighted by Gasteiger charge is 2.23. The van der Waals surface area contributed by atoms with Gasteiger partial charge in [-0.05, 0) is 50.3 Å². The lowest BCUT2D eigenvalue weighted by atomic mass is 9.86. The number of nitrogens with one attached hydrogen (secondary N) is 1. The molecule has 5 heteroatoms. The molecule has 0 heterocycles. The number of hydrogen-bond acceptors (Lipinski definition) is 4. The lowest BCUT2D eigenvalue weighted by Crippen LogP contribution is -2.42. The zero-order valence-electron chi connectivity index (χ0n) is 15.4. The van der Waals surface area contributed by atoms with Crippen molar-refractivity contribution in [2.45, 2.75) is 65.2 Å². The molecule has 0 aliphatic heterocycles. The minimum absolute atomic E-state index is 0.162. The zero-order chi connectivity index (χ0) is 18.2. The van der Waals surface area contributed by atoms with Gasteiger partial charge >= 0.3 is 5.97 Å². The van der Waals surface area contributed by atoms with E-state index in [0.29, 0.717) is 18.1 Å². The first kappa shape index (κ1) is 19.4. The van der Waals surface area contributed by atoms with E-state index >= 15 is 0 Å². The Morgan fingerprint density at radius 2 is 1.84 bits per heavy atom. The lowest BCUT2D eigenvalue weighted by Gasteiger charge is -2.29. The molecule has 1 aromatic rings. The van der Waals surface area contributed by atoms with Crippen LogP contribution in [0, 0.1) is 5.92 Å². The molecule has 0 spiro atoms. The van der Waals surface area contributed by atoms with Gasteiger partial charge in [-0.25, -0.2) is 4.79 Å². The van der Waals surface area contributed by atoms with Crippen molar-refractivity contribution in [3.63, 3.8) is 0 Å².